The molecule has 0 radical (unpaired) electrons. The van der Waals surface area contributed by atoms with E-state index in [9.17, 15) is 14.4 Å². The number of rotatable bonds is 5. The Labute approximate surface area is 167 Å². The lowest BCUT2D eigenvalue weighted by molar-refractivity contribution is -0.119. The number of benzene rings is 1. The maximum absolute atomic E-state index is 12.0. The van der Waals surface area contributed by atoms with Gasteiger partial charge in [-0.3, -0.25) is 14.9 Å². The Morgan fingerprint density at radius 3 is 2.54 bits per heavy atom. The van der Waals surface area contributed by atoms with Crippen LogP contribution in [0.25, 0.3) is 0 Å². The third-order valence-corrected chi connectivity index (χ3v) is 4.39. The number of carbonyl (C=O) groups excluding carboxylic acids is 3. The normalized spacial score (nSPS) is 13.8. The number of nitrogens with one attached hydrogen (secondary N) is 3. The molecule has 1 aromatic heterocycles. The van der Waals surface area contributed by atoms with Crippen LogP contribution >= 0.6 is 11.6 Å². The van der Waals surface area contributed by atoms with Crippen LogP contribution in [-0.4, -0.2) is 35.9 Å². The van der Waals surface area contributed by atoms with Gasteiger partial charge in [-0.25, -0.2) is 9.78 Å². The molecule has 3 N–H and O–H groups in total. The van der Waals surface area contributed by atoms with Gasteiger partial charge in [0.15, 0.2) is 0 Å². The molecule has 0 spiro atoms. The fourth-order valence-corrected chi connectivity index (χ4v) is 2.89. The smallest absolute Gasteiger partial charge is 0.320 e. The number of amides is 4. The Hall–Kier alpha value is -3.13. The summed E-state index contributed by atoms with van der Waals surface area (Å²) in [5, 5.41) is 8.10. The highest BCUT2D eigenvalue weighted by atomic mass is 35.5. The van der Waals surface area contributed by atoms with Gasteiger partial charge in [0.1, 0.15) is 5.82 Å². The Kier molecular flexibility index (Phi) is 6.44. The van der Waals surface area contributed by atoms with Crippen LogP contribution in [0.1, 0.15) is 19.3 Å². The first-order valence-electron chi connectivity index (χ1n) is 8.88. The maximum Gasteiger partial charge on any atom is 0.320 e. The van der Waals surface area contributed by atoms with Crippen molar-refractivity contribution in [3.8, 4) is 0 Å². The van der Waals surface area contributed by atoms with Gasteiger partial charge < -0.3 is 15.5 Å². The van der Waals surface area contributed by atoms with Gasteiger partial charge in [-0.2, -0.15) is 0 Å². The highest BCUT2D eigenvalue weighted by Crippen LogP contribution is 2.22. The van der Waals surface area contributed by atoms with E-state index in [1.54, 1.807) is 41.3 Å². The van der Waals surface area contributed by atoms with E-state index in [1.807, 2.05) is 0 Å². The average Bonchev–Trinajstić information content (AvgIpc) is 2.69. The molecule has 1 aliphatic heterocycles. The Morgan fingerprint density at radius 2 is 1.86 bits per heavy atom. The van der Waals surface area contributed by atoms with Gasteiger partial charge in [-0.15, -0.1) is 0 Å². The molecule has 2 heterocycles. The molecule has 0 aliphatic carbocycles. The molecule has 1 aliphatic rings. The van der Waals surface area contributed by atoms with Crippen molar-refractivity contribution in [2.45, 2.75) is 19.3 Å². The van der Waals surface area contributed by atoms with E-state index >= 15 is 0 Å². The van der Waals surface area contributed by atoms with Gasteiger partial charge in [0.05, 0.1) is 11.6 Å². The van der Waals surface area contributed by atoms with E-state index in [-0.39, 0.29) is 18.4 Å². The van der Waals surface area contributed by atoms with Gasteiger partial charge in [-0.05, 0) is 49.2 Å². The summed E-state index contributed by atoms with van der Waals surface area (Å²) in [5.41, 5.74) is 1.40. The molecule has 9 heteroatoms. The van der Waals surface area contributed by atoms with E-state index in [4.69, 9.17) is 11.6 Å². The van der Waals surface area contributed by atoms with E-state index in [0.717, 1.165) is 18.5 Å². The number of hydrogen-bond acceptors (Lipinski definition) is 4. The number of piperidine rings is 1. The quantitative estimate of drug-likeness (QED) is 0.716. The van der Waals surface area contributed by atoms with Crippen LogP contribution < -0.4 is 20.9 Å². The van der Waals surface area contributed by atoms with Crippen molar-refractivity contribution in [2.75, 3.05) is 28.6 Å². The van der Waals surface area contributed by atoms with Crippen LogP contribution in [0.4, 0.5) is 22.0 Å². The second-order valence-corrected chi connectivity index (χ2v) is 6.70. The molecule has 1 saturated heterocycles. The summed E-state index contributed by atoms with van der Waals surface area (Å²) in [6, 6.07) is 9.65. The second kappa shape index (κ2) is 9.18. The zero-order valence-corrected chi connectivity index (χ0v) is 15.8. The van der Waals surface area contributed by atoms with Crippen LogP contribution in [0, 0.1) is 0 Å². The van der Waals surface area contributed by atoms with Crippen LogP contribution in [0.2, 0.25) is 5.02 Å². The van der Waals surface area contributed by atoms with E-state index < -0.39 is 6.03 Å². The molecule has 0 atom stereocenters. The molecular weight excluding hydrogens is 382 g/mol. The monoisotopic (exact) mass is 401 g/mol. The number of halogens is 1. The second-order valence-electron chi connectivity index (χ2n) is 6.27. The van der Waals surface area contributed by atoms with Crippen molar-refractivity contribution in [1.82, 2.24) is 10.3 Å². The first kappa shape index (κ1) is 19.6. The Balaban J connectivity index is 1.46. The van der Waals surface area contributed by atoms with Crippen molar-refractivity contribution >= 4 is 46.6 Å². The topological polar surface area (TPSA) is 103 Å². The standard InChI is InChI=1S/C19H20ClN5O3/c20-13-4-9-16(21-11-13)24-19(28)22-12-17(26)23-14-5-7-15(8-6-14)25-10-2-1-3-18(25)27/h4-9,11H,1-3,10,12H2,(H,23,26)(H2,21,22,24,28). The fourth-order valence-electron chi connectivity index (χ4n) is 2.78. The van der Waals surface area contributed by atoms with Crippen LogP contribution in [0.3, 0.4) is 0 Å². The number of hydrogen-bond donors (Lipinski definition) is 3. The van der Waals surface area contributed by atoms with E-state index in [1.165, 1.54) is 6.20 Å². The molecule has 2 aromatic rings. The number of pyridine rings is 1. The predicted molar refractivity (Wildman–Crippen MR) is 108 cm³/mol. The highest BCUT2D eigenvalue weighted by molar-refractivity contribution is 6.30. The van der Waals surface area contributed by atoms with Crippen molar-refractivity contribution in [3.63, 3.8) is 0 Å². The molecule has 0 unspecified atom stereocenters. The molecule has 28 heavy (non-hydrogen) atoms. The largest absolute Gasteiger partial charge is 0.329 e. The van der Waals surface area contributed by atoms with Crippen LogP contribution in [-0.2, 0) is 9.59 Å². The lowest BCUT2D eigenvalue weighted by Gasteiger charge is -2.26. The average molecular weight is 402 g/mol. The first-order chi connectivity index (χ1) is 13.5. The number of aromatic nitrogens is 1. The molecule has 1 aromatic carbocycles. The van der Waals surface area contributed by atoms with Gasteiger partial charge in [-0.1, -0.05) is 11.6 Å². The zero-order chi connectivity index (χ0) is 19.9. The van der Waals surface area contributed by atoms with Gasteiger partial charge >= 0.3 is 6.03 Å². The van der Waals surface area contributed by atoms with E-state index in [0.29, 0.717) is 29.5 Å². The first-order valence-corrected chi connectivity index (χ1v) is 9.26. The van der Waals surface area contributed by atoms with Gasteiger partial charge in [0.25, 0.3) is 0 Å². The minimum Gasteiger partial charge on any atom is -0.329 e. The summed E-state index contributed by atoms with van der Waals surface area (Å²) < 4.78 is 0. The summed E-state index contributed by atoms with van der Waals surface area (Å²) in [4.78, 5) is 41.4. The number of carbonyl (C=O) groups is 3. The van der Waals surface area contributed by atoms with E-state index in [2.05, 4.69) is 20.9 Å². The predicted octanol–water partition coefficient (Wildman–Crippen LogP) is 3.01. The third-order valence-electron chi connectivity index (χ3n) is 4.16. The molecule has 146 valence electrons. The summed E-state index contributed by atoms with van der Waals surface area (Å²) in [5.74, 6) is 0.0691. The lowest BCUT2D eigenvalue weighted by Crippen LogP contribution is -2.36. The van der Waals surface area contributed by atoms with Crippen molar-refractivity contribution in [1.29, 1.82) is 0 Å². The SMILES string of the molecule is O=C(CNC(=O)Nc1ccc(Cl)cn1)Nc1ccc(N2CCCCC2=O)cc1. The van der Waals surface area contributed by atoms with Crippen molar-refractivity contribution < 1.29 is 14.4 Å². The zero-order valence-electron chi connectivity index (χ0n) is 15.1. The van der Waals surface area contributed by atoms with Crippen molar-refractivity contribution in [2.24, 2.45) is 0 Å². The summed E-state index contributed by atoms with van der Waals surface area (Å²) >= 11 is 5.73. The summed E-state index contributed by atoms with van der Waals surface area (Å²) in [7, 11) is 0. The fraction of sp³-hybridized carbons (Fsp3) is 0.263. The minimum atomic E-state index is -0.552. The molecule has 3 rings (SSSR count). The molecule has 4 amide bonds. The number of anilines is 3. The molecule has 1 fully saturated rings. The van der Waals surface area contributed by atoms with Gasteiger partial charge in [0, 0.05) is 30.5 Å². The maximum atomic E-state index is 12.0. The molecule has 0 saturated carbocycles. The third kappa shape index (κ3) is 5.43. The van der Waals surface area contributed by atoms with Crippen LogP contribution in [0.15, 0.2) is 42.6 Å². The minimum absolute atomic E-state index is 0.119. The summed E-state index contributed by atoms with van der Waals surface area (Å²) in [6.45, 7) is 0.512. The molecule has 0 bridgehead atoms. The summed E-state index contributed by atoms with van der Waals surface area (Å²) in [6.07, 6.45) is 3.89. The Morgan fingerprint density at radius 1 is 1.07 bits per heavy atom. The number of nitrogens with zero attached hydrogens (tertiary/aromatic N) is 2. The highest BCUT2D eigenvalue weighted by Gasteiger charge is 2.19. The molecular formula is C19H20ClN5O3. The lowest BCUT2D eigenvalue weighted by atomic mass is 10.1. The van der Waals surface area contributed by atoms with Crippen molar-refractivity contribution in [3.05, 3.63) is 47.6 Å². The van der Waals surface area contributed by atoms with Gasteiger partial charge in [0.2, 0.25) is 11.8 Å². The Bertz CT molecular complexity index is 855. The number of urea groups is 1. The molecule has 8 nitrogen and oxygen atoms in total. The van der Waals surface area contributed by atoms with Crippen LogP contribution in [0.5, 0.6) is 0 Å².